The molecule has 19 heavy (non-hydrogen) atoms. The van der Waals surface area contributed by atoms with Gasteiger partial charge in [0.15, 0.2) is 0 Å². The van der Waals surface area contributed by atoms with Crippen LogP contribution in [0.25, 0.3) is 0 Å². The van der Waals surface area contributed by atoms with E-state index in [9.17, 15) is 9.59 Å². The Balaban J connectivity index is 2.68. The number of benzene rings is 1. The molecule has 0 spiro atoms. The van der Waals surface area contributed by atoms with Crippen molar-refractivity contribution in [2.45, 2.75) is 30.0 Å². The Labute approximate surface area is 125 Å². The zero-order chi connectivity index (χ0) is 14.6. The van der Waals surface area contributed by atoms with Gasteiger partial charge in [0.25, 0.3) is 0 Å². The highest BCUT2D eigenvalue weighted by molar-refractivity contribution is 8.00. The lowest BCUT2D eigenvalue weighted by molar-refractivity contribution is -0.141. The lowest BCUT2D eigenvalue weighted by Gasteiger charge is -2.15. The smallest absolute Gasteiger partial charge is 0.325 e. The molecule has 2 unspecified atom stereocenters. The summed E-state index contributed by atoms with van der Waals surface area (Å²) in [5.41, 5.74) is 0. The van der Waals surface area contributed by atoms with Crippen LogP contribution in [0.5, 0.6) is 0 Å². The molecule has 0 fully saturated rings. The summed E-state index contributed by atoms with van der Waals surface area (Å²) in [6.07, 6.45) is 0. The van der Waals surface area contributed by atoms with Crippen LogP contribution in [0, 0.1) is 0 Å². The second-order valence-electron chi connectivity index (χ2n) is 3.90. The van der Waals surface area contributed by atoms with Crippen LogP contribution >= 0.6 is 35.0 Å². The fourth-order valence-corrected chi connectivity index (χ4v) is 2.62. The third kappa shape index (κ3) is 4.93. The van der Waals surface area contributed by atoms with Gasteiger partial charge < -0.3 is 10.4 Å². The highest BCUT2D eigenvalue weighted by Gasteiger charge is 2.20. The largest absolute Gasteiger partial charge is 0.480 e. The summed E-state index contributed by atoms with van der Waals surface area (Å²) >= 11 is 13.1. The number of carboxylic acids is 1. The van der Waals surface area contributed by atoms with E-state index in [1.165, 1.54) is 18.7 Å². The van der Waals surface area contributed by atoms with Crippen molar-refractivity contribution in [1.82, 2.24) is 5.32 Å². The molecule has 0 saturated heterocycles. The predicted octanol–water partition coefficient (Wildman–Crippen LogP) is 3.06. The first-order valence-electron chi connectivity index (χ1n) is 5.46. The number of carbonyl (C=O) groups is 2. The molecule has 1 rings (SSSR count). The van der Waals surface area contributed by atoms with Crippen LogP contribution in [0.3, 0.4) is 0 Å². The van der Waals surface area contributed by atoms with Gasteiger partial charge in [0.05, 0.1) is 10.3 Å². The van der Waals surface area contributed by atoms with Crippen LogP contribution in [-0.2, 0) is 9.59 Å². The number of thioether (sulfide) groups is 1. The van der Waals surface area contributed by atoms with Crippen molar-refractivity contribution < 1.29 is 14.7 Å². The topological polar surface area (TPSA) is 66.4 Å². The Bertz CT molecular complexity index is 496. The zero-order valence-corrected chi connectivity index (χ0v) is 12.6. The summed E-state index contributed by atoms with van der Waals surface area (Å²) in [6.45, 7) is 3.08. The van der Waals surface area contributed by atoms with Gasteiger partial charge in [-0.25, -0.2) is 0 Å². The van der Waals surface area contributed by atoms with Gasteiger partial charge in [0, 0.05) is 9.92 Å². The number of aliphatic carboxylic acids is 1. The number of nitrogens with one attached hydrogen (secondary N) is 1. The number of carboxylic acid groups (broad SMARTS) is 1. The summed E-state index contributed by atoms with van der Waals surface area (Å²) in [4.78, 5) is 23.1. The maximum atomic E-state index is 11.8. The number of hydrogen-bond donors (Lipinski definition) is 2. The van der Waals surface area contributed by atoms with Crippen LogP contribution in [-0.4, -0.2) is 28.3 Å². The fourth-order valence-electron chi connectivity index (χ4n) is 1.20. The summed E-state index contributed by atoms with van der Waals surface area (Å²) in [7, 11) is 0. The molecule has 2 atom stereocenters. The predicted molar refractivity (Wildman–Crippen MR) is 77.0 cm³/mol. The SMILES string of the molecule is CC(NC(=O)C(C)Sc1cc(Cl)ccc1Cl)C(=O)O. The van der Waals surface area contributed by atoms with E-state index in [1.807, 2.05) is 0 Å². The van der Waals surface area contributed by atoms with E-state index in [-0.39, 0.29) is 5.91 Å². The van der Waals surface area contributed by atoms with E-state index >= 15 is 0 Å². The van der Waals surface area contributed by atoms with E-state index < -0.39 is 17.3 Å². The minimum atomic E-state index is -1.08. The monoisotopic (exact) mass is 321 g/mol. The fraction of sp³-hybridized carbons (Fsp3) is 0.333. The summed E-state index contributed by atoms with van der Waals surface area (Å²) in [5.74, 6) is -1.44. The molecule has 2 N–H and O–H groups in total. The average molecular weight is 322 g/mol. The van der Waals surface area contributed by atoms with Gasteiger partial charge in [-0.1, -0.05) is 23.2 Å². The maximum absolute atomic E-state index is 11.8. The molecular weight excluding hydrogens is 309 g/mol. The average Bonchev–Trinajstić information content (AvgIpc) is 2.33. The highest BCUT2D eigenvalue weighted by Crippen LogP contribution is 2.32. The van der Waals surface area contributed by atoms with Crippen LogP contribution in [0.15, 0.2) is 23.1 Å². The first kappa shape index (κ1) is 16.1. The molecule has 0 aromatic heterocycles. The summed E-state index contributed by atoms with van der Waals surface area (Å²) in [6, 6.07) is 4.05. The van der Waals surface area contributed by atoms with Crippen molar-refractivity contribution in [3.8, 4) is 0 Å². The normalized spacial score (nSPS) is 13.7. The molecule has 0 aliphatic rings. The Morgan fingerprint density at radius 1 is 1.32 bits per heavy atom. The lowest BCUT2D eigenvalue weighted by Crippen LogP contribution is -2.42. The van der Waals surface area contributed by atoms with Gasteiger partial charge in [-0.3, -0.25) is 9.59 Å². The molecule has 1 aromatic carbocycles. The molecule has 7 heteroatoms. The zero-order valence-electron chi connectivity index (χ0n) is 10.3. The van der Waals surface area contributed by atoms with Crippen LogP contribution in [0.1, 0.15) is 13.8 Å². The van der Waals surface area contributed by atoms with Gasteiger partial charge in [0.2, 0.25) is 5.91 Å². The van der Waals surface area contributed by atoms with E-state index in [4.69, 9.17) is 28.3 Å². The van der Waals surface area contributed by atoms with Crippen molar-refractivity contribution in [3.05, 3.63) is 28.2 Å². The summed E-state index contributed by atoms with van der Waals surface area (Å²) in [5, 5.41) is 11.7. The Kier molecular flexibility index (Phi) is 5.97. The number of halogens is 2. The number of amides is 1. The van der Waals surface area contributed by atoms with Gasteiger partial charge in [-0.05, 0) is 32.0 Å². The lowest BCUT2D eigenvalue weighted by atomic mass is 10.3. The quantitative estimate of drug-likeness (QED) is 0.818. The second kappa shape index (κ2) is 7.03. The van der Waals surface area contributed by atoms with E-state index in [1.54, 1.807) is 25.1 Å². The number of carbonyl (C=O) groups excluding carboxylic acids is 1. The Morgan fingerprint density at radius 2 is 1.95 bits per heavy atom. The minimum absolute atomic E-state index is 0.365. The Morgan fingerprint density at radius 3 is 2.53 bits per heavy atom. The maximum Gasteiger partial charge on any atom is 0.325 e. The number of rotatable bonds is 5. The number of hydrogen-bond acceptors (Lipinski definition) is 3. The first-order chi connectivity index (χ1) is 8.81. The molecule has 4 nitrogen and oxygen atoms in total. The highest BCUT2D eigenvalue weighted by atomic mass is 35.5. The minimum Gasteiger partial charge on any atom is -0.480 e. The molecule has 1 aromatic rings. The van der Waals surface area contributed by atoms with Crippen molar-refractivity contribution in [3.63, 3.8) is 0 Å². The van der Waals surface area contributed by atoms with Crippen molar-refractivity contribution in [1.29, 1.82) is 0 Å². The molecule has 104 valence electrons. The molecule has 0 bridgehead atoms. The molecular formula is C12H13Cl2NO3S. The van der Waals surface area contributed by atoms with Crippen LogP contribution < -0.4 is 5.32 Å². The van der Waals surface area contributed by atoms with Crippen molar-refractivity contribution >= 4 is 46.8 Å². The molecule has 0 radical (unpaired) electrons. The van der Waals surface area contributed by atoms with E-state index in [0.717, 1.165) is 0 Å². The van der Waals surface area contributed by atoms with Crippen LogP contribution in [0.4, 0.5) is 0 Å². The standard InChI is InChI=1S/C12H13Cl2NO3S/c1-6(12(17)18)15-11(16)7(2)19-10-5-8(13)3-4-9(10)14/h3-7H,1-2H3,(H,15,16)(H,17,18). The second-order valence-corrected chi connectivity index (χ2v) is 6.13. The van der Waals surface area contributed by atoms with Crippen molar-refractivity contribution in [2.75, 3.05) is 0 Å². The summed E-state index contributed by atoms with van der Waals surface area (Å²) < 4.78 is 0. The van der Waals surface area contributed by atoms with Gasteiger partial charge >= 0.3 is 5.97 Å². The van der Waals surface area contributed by atoms with Gasteiger partial charge in [0.1, 0.15) is 6.04 Å². The molecule has 0 heterocycles. The molecule has 1 amide bonds. The van der Waals surface area contributed by atoms with Gasteiger partial charge in [-0.15, -0.1) is 11.8 Å². The molecule has 0 aliphatic heterocycles. The van der Waals surface area contributed by atoms with Crippen molar-refractivity contribution in [2.24, 2.45) is 0 Å². The third-order valence-corrected chi connectivity index (χ3v) is 4.13. The Hall–Kier alpha value is -0.910. The van der Waals surface area contributed by atoms with E-state index in [0.29, 0.717) is 14.9 Å². The van der Waals surface area contributed by atoms with Gasteiger partial charge in [-0.2, -0.15) is 0 Å². The van der Waals surface area contributed by atoms with Crippen LogP contribution in [0.2, 0.25) is 10.0 Å². The molecule has 0 saturated carbocycles. The van der Waals surface area contributed by atoms with E-state index in [2.05, 4.69) is 5.32 Å². The first-order valence-corrected chi connectivity index (χ1v) is 7.09. The molecule has 0 aliphatic carbocycles. The third-order valence-electron chi connectivity index (χ3n) is 2.30.